The summed E-state index contributed by atoms with van der Waals surface area (Å²) in [5.74, 6) is 2.74. The van der Waals surface area contributed by atoms with Crippen molar-refractivity contribution in [2.45, 2.75) is 33.1 Å². The topological polar surface area (TPSA) is 50.3 Å². The predicted octanol–water partition coefficient (Wildman–Crippen LogP) is 2.47. The lowest BCUT2D eigenvalue weighted by molar-refractivity contribution is 0.139. The number of hydrogen-bond acceptors (Lipinski definition) is 5. The first-order valence-electron chi connectivity index (χ1n) is 7.55. The number of nitrogens with zero attached hydrogens (tertiary/aromatic N) is 3. The maximum absolute atomic E-state index is 5.26. The minimum Gasteiger partial charge on any atom is -0.384 e. The van der Waals surface area contributed by atoms with E-state index in [0.29, 0.717) is 5.92 Å². The average Bonchev–Trinajstić information content (AvgIpc) is 2.48. The van der Waals surface area contributed by atoms with Crippen molar-refractivity contribution in [1.29, 1.82) is 0 Å². The van der Waals surface area contributed by atoms with Crippen molar-refractivity contribution < 1.29 is 4.74 Å². The van der Waals surface area contributed by atoms with Crippen LogP contribution in [0, 0.1) is 12.8 Å². The van der Waals surface area contributed by atoms with Gasteiger partial charge >= 0.3 is 0 Å². The molecule has 0 bridgehead atoms. The third kappa shape index (κ3) is 3.60. The summed E-state index contributed by atoms with van der Waals surface area (Å²) in [5, 5.41) is 3.37. The van der Waals surface area contributed by atoms with E-state index in [9.17, 15) is 0 Å². The monoisotopic (exact) mass is 278 g/mol. The Morgan fingerprint density at radius 1 is 1.35 bits per heavy atom. The van der Waals surface area contributed by atoms with Crippen LogP contribution in [0.1, 0.15) is 31.7 Å². The van der Waals surface area contributed by atoms with Gasteiger partial charge in [-0.2, -0.15) is 0 Å². The highest BCUT2D eigenvalue weighted by Gasteiger charge is 2.22. The molecular weight excluding hydrogens is 252 g/mol. The summed E-state index contributed by atoms with van der Waals surface area (Å²) < 4.78 is 5.26. The van der Waals surface area contributed by atoms with Crippen LogP contribution in [-0.2, 0) is 4.74 Å². The molecule has 2 heterocycles. The second-order valence-electron chi connectivity index (χ2n) is 5.48. The first kappa shape index (κ1) is 15.0. The van der Waals surface area contributed by atoms with E-state index in [0.717, 1.165) is 49.9 Å². The van der Waals surface area contributed by atoms with Crippen LogP contribution in [0.3, 0.4) is 0 Å². The Balaban J connectivity index is 2.02. The second-order valence-corrected chi connectivity index (χ2v) is 5.48. The lowest BCUT2D eigenvalue weighted by Gasteiger charge is -2.33. The minimum absolute atomic E-state index is 0.691. The number of hydrogen-bond donors (Lipinski definition) is 1. The molecule has 1 aromatic rings. The standard InChI is InChI=1S/C15H26N4O/c1-4-7-16-14-12(2)15(18-11-17-14)19-8-5-13(6-9-19)10-20-3/h11,13H,4-10H2,1-3H3,(H,16,17,18). The summed E-state index contributed by atoms with van der Waals surface area (Å²) in [6.45, 7) is 8.20. The molecule has 1 aliphatic rings. The molecule has 1 fully saturated rings. The summed E-state index contributed by atoms with van der Waals surface area (Å²) in [6, 6.07) is 0. The Hall–Kier alpha value is -1.36. The van der Waals surface area contributed by atoms with E-state index < -0.39 is 0 Å². The largest absolute Gasteiger partial charge is 0.384 e. The highest BCUT2D eigenvalue weighted by Crippen LogP contribution is 2.27. The fourth-order valence-electron chi connectivity index (χ4n) is 2.73. The van der Waals surface area contributed by atoms with Crippen LogP contribution in [0.2, 0.25) is 0 Å². The molecule has 0 aliphatic carbocycles. The molecule has 0 radical (unpaired) electrons. The molecule has 0 unspecified atom stereocenters. The van der Waals surface area contributed by atoms with Crippen molar-refractivity contribution in [3.8, 4) is 0 Å². The number of nitrogens with one attached hydrogen (secondary N) is 1. The maximum atomic E-state index is 5.26. The zero-order valence-corrected chi connectivity index (χ0v) is 12.9. The van der Waals surface area contributed by atoms with Gasteiger partial charge in [-0.15, -0.1) is 0 Å². The van der Waals surface area contributed by atoms with E-state index >= 15 is 0 Å². The Morgan fingerprint density at radius 2 is 2.10 bits per heavy atom. The van der Waals surface area contributed by atoms with Gasteiger partial charge in [0.2, 0.25) is 0 Å². The highest BCUT2D eigenvalue weighted by molar-refractivity contribution is 5.58. The van der Waals surface area contributed by atoms with Gasteiger partial charge in [0.25, 0.3) is 0 Å². The molecule has 5 nitrogen and oxygen atoms in total. The molecular formula is C15H26N4O. The van der Waals surface area contributed by atoms with Gasteiger partial charge in [-0.3, -0.25) is 0 Å². The zero-order chi connectivity index (χ0) is 14.4. The van der Waals surface area contributed by atoms with Crippen molar-refractivity contribution in [3.63, 3.8) is 0 Å². The molecule has 0 aromatic carbocycles. The number of aromatic nitrogens is 2. The van der Waals surface area contributed by atoms with Gasteiger partial charge in [0.1, 0.15) is 18.0 Å². The molecule has 1 saturated heterocycles. The predicted molar refractivity (Wildman–Crippen MR) is 82.4 cm³/mol. The fraction of sp³-hybridized carbons (Fsp3) is 0.733. The second kappa shape index (κ2) is 7.43. The molecule has 1 N–H and O–H groups in total. The summed E-state index contributed by atoms with van der Waals surface area (Å²) >= 11 is 0. The lowest BCUT2D eigenvalue weighted by Crippen LogP contribution is -2.36. The summed E-state index contributed by atoms with van der Waals surface area (Å²) in [6.07, 6.45) is 5.12. The molecule has 0 saturated carbocycles. The number of rotatable bonds is 6. The van der Waals surface area contributed by atoms with Crippen LogP contribution >= 0.6 is 0 Å². The molecule has 5 heteroatoms. The first-order chi connectivity index (χ1) is 9.76. The van der Waals surface area contributed by atoms with E-state index in [1.807, 2.05) is 0 Å². The molecule has 1 aliphatic heterocycles. The van der Waals surface area contributed by atoms with Crippen LogP contribution in [0.5, 0.6) is 0 Å². The normalized spacial score (nSPS) is 16.4. The van der Waals surface area contributed by atoms with Crippen molar-refractivity contribution in [3.05, 3.63) is 11.9 Å². The smallest absolute Gasteiger partial charge is 0.137 e. The Bertz CT molecular complexity index is 416. The van der Waals surface area contributed by atoms with E-state index in [1.165, 1.54) is 12.8 Å². The van der Waals surface area contributed by atoms with Crippen LogP contribution in [0.4, 0.5) is 11.6 Å². The quantitative estimate of drug-likeness (QED) is 0.866. The van der Waals surface area contributed by atoms with E-state index in [4.69, 9.17) is 4.74 Å². The maximum Gasteiger partial charge on any atom is 0.137 e. The molecule has 0 atom stereocenters. The van der Waals surface area contributed by atoms with Gasteiger partial charge in [0, 0.05) is 38.9 Å². The van der Waals surface area contributed by atoms with Crippen molar-refractivity contribution in [2.24, 2.45) is 5.92 Å². The third-order valence-electron chi connectivity index (χ3n) is 3.92. The lowest BCUT2D eigenvalue weighted by atomic mass is 9.97. The average molecular weight is 278 g/mol. The Labute approximate surface area is 121 Å². The van der Waals surface area contributed by atoms with Gasteiger partial charge < -0.3 is 15.0 Å². The molecule has 0 amide bonds. The SMILES string of the molecule is CCCNc1ncnc(N2CCC(COC)CC2)c1C. The van der Waals surface area contributed by atoms with Gasteiger partial charge in [-0.05, 0) is 32.1 Å². The van der Waals surface area contributed by atoms with E-state index in [2.05, 4.69) is 34.0 Å². The minimum atomic E-state index is 0.691. The van der Waals surface area contributed by atoms with Gasteiger partial charge in [-0.1, -0.05) is 6.92 Å². The van der Waals surface area contributed by atoms with Crippen LogP contribution in [0.25, 0.3) is 0 Å². The number of methoxy groups -OCH3 is 1. The summed E-state index contributed by atoms with van der Waals surface area (Å²) in [7, 11) is 1.78. The van der Waals surface area contributed by atoms with Gasteiger partial charge in [0.05, 0.1) is 0 Å². The summed E-state index contributed by atoms with van der Waals surface area (Å²) in [4.78, 5) is 11.2. The number of piperidine rings is 1. The fourth-order valence-corrected chi connectivity index (χ4v) is 2.73. The van der Waals surface area contributed by atoms with Crippen molar-refractivity contribution >= 4 is 11.6 Å². The van der Waals surface area contributed by atoms with Gasteiger partial charge in [-0.25, -0.2) is 9.97 Å². The molecule has 1 aromatic heterocycles. The molecule has 0 spiro atoms. The van der Waals surface area contributed by atoms with Gasteiger partial charge in [0.15, 0.2) is 0 Å². The van der Waals surface area contributed by atoms with E-state index in [1.54, 1.807) is 13.4 Å². The number of ether oxygens (including phenoxy) is 1. The summed E-state index contributed by atoms with van der Waals surface area (Å²) in [5.41, 5.74) is 1.16. The molecule has 112 valence electrons. The number of anilines is 2. The Kier molecular flexibility index (Phi) is 5.59. The van der Waals surface area contributed by atoms with Crippen molar-refractivity contribution in [1.82, 2.24) is 9.97 Å². The highest BCUT2D eigenvalue weighted by atomic mass is 16.5. The van der Waals surface area contributed by atoms with Crippen LogP contribution in [-0.4, -0.2) is 43.3 Å². The van der Waals surface area contributed by atoms with Crippen molar-refractivity contribution in [2.75, 3.05) is 43.6 Å². The van der Waals surface area contributed by atoms with Crippen LogP contribution < -0.4 is 10.2 Å². The Morgan fingerprint density at radius 3 is 2.75 bits per heavy atom. The first-order valence-corrected chi connectivity index (χ1v) is 7.55. The zero-order valence-electron chi connectivity index (χ0n) is 12.9. The molecule has 2 rings (SSSR count). The third-order valence-corrected chi connectivity index (χ3v) is 3.92. The van der Waals surface area contributed by atoms with Crippen LogP contribution in [0.15, 0.2) is 6.33 Å². The van der Waals surface area contributed by atoms with E-state index in [-0.39, 0.29) is 0 Å². The molecule has 20 heavy (non-hydrogen) atoms.